The molecule has 1 aromatic heterocycles. The maximum absolute atomic E-state index is 12.9. The third-order valence-corrected chi connectivity index (χ3v) is 4.49. The number of likely N-dealkylation sites (tertiary alicyclic amines) is 1. The van der Waals surface area contributed by atoms with Crippen molar-refractivity contribution in [3.63, 3.8) is 0 Å². The summed E-state index contributed by atoms with van der Waals surface area (Å²) in [4.78, 5) is 20.6. The van der Waals surface area contributed by atoms with E-state index in [1.54, 1.807) is 4.90 Å². The second-order valence-electron chi connectivity index (χ2n) is 6.10. The van der Waals surface area contributed by atoms with Gasteiger partial charge in [-0.05, 0) is 51.0 Å². The molecule has 2 amide bonds. The molecule has 1 fully saturated rings. The Bertz CT molecular complexity index is 730. The van der Waals surface area contributed by atoms with Gasteiger partial charge in [-0.2, -0.15) is 4.98 Å². The van der Waals surface area contributed by atoms with Crippen molar-refractivity contribution in [3.8, 4) is 5.75 Å². The first-order chi connectivity index (χ1) is 12.6. The van der Waals surface area contributed by atoms with Crippen molar-refractivity contribution in [2.24, 2.45) is 0 Å². The second kappa shape index (κ2) is 8.16. The van der Waals surface area contributed by atoms with E-state index in [9.17, 15) is 9.18 Å². The van der Waals surface area contributed by atoms with E-state index in [-0.39, 0.29) is 24.5 Å². The van der Waals surface area contributed by atoms with Crippen molar-refractivity contribution in [1.29, 1.82) is 0 Å². The topological polar surface area (TPSA) is 71.7 Å². The number of urea groups is 1. The van der Waals surface area contributed by atoms with Crippen LogP contribution in [0.2, 0.25) is 0 Å². The Morgan fingerprint density at radius 2 is 2.08 bits per heavy atom. The lowest BCUT2D eigenvalue weighted by atomic mass is 10.2. The van der Waals surface area contributed by atoms with Crippen molar-refractivity contribution in [2.75, 3.05) is 19.6 Å². The summed E-state index contributed by atoms with van der Waals surface area (Å²) < 4.78 is 23.7. The minimum atomic E-state index is -0.323. The molecule has 3 rings (SSSR count). The predicted octanol–water partition coefficient (Wildman–Crippen LogP) is 3.39. The number of carbonyl (C=O) groups excluding carboxylic acids is 1. The molecule has 1 atom stereocenters. The van der Waals surface area contributed by atoms with Gasteiger partial charge in [-0.3, -0.25) is 0 Å². The first-order valence-electron chi connectivity index (χ1n) is 8.88. The fourth-order valence-corrected chi connectivity index (χ4v) is 3.08. The smallest absolute Gasteiger partial charge is 0.320 e. The van der Waals surface area contributed by atoms with E-state index in [0.29, 0.717) is 37.1 Å². The van der Waals surface area contributed by atoms with Gasteiger partial charge in [0.2, 0.25) is 0 Å². The number of hydrogen-bond donors (Lipinski definition) is 0. The zero-order valence-electron chi connectivity index (χ0n) is 15.0. The molecule has 2 heterocycles. The number of benzene rings is 1. The Labute approximate surface area is 151 Å². The lowest BCUT2D eigenvalue weighted by Crippen LogP contribution is -2.42. The molecular weight excluding hydrogens is 339 g/mol. The Morgan fingerprint density at radius 3 is 2.77 bits per heavy atom. The molecule has 0 radical (unpaired) electrons. The van der Waals surface area contributed by atoms with Crippen molar-refractivity contribution in [1.82, 2.24) is 19.9 Å². The van der Waals surface area contributed by atoms with Gasteiger partial charge in [-0.25, -0.2) is 9.18 Å². The lowest BCUT2D eigenvalue weighted by Gasteiger charge is -2.29. The number of hydrogen-bond acceptors (Lipinski definition) is 5. The molecule has 2 aromatic rings. The lowest BCUT2D eigenvalue weighted by molar-refractivity contribution is 0.150. The van der Waals surface area contributed by atoms with Gasteiger partial charge in [-0.1, -0.05) is 5.16 Å². The fraction of sp³-hybridized carbons (Fsp3) is 0.500. The molecule has 140 valence electrons. The van der Waals surface area contributed by atoms with Crippen LogP contribution in [-0.4, -0.2) is 45.6 Å². The fourth-order valence-electron chi connectivity index (χ4n) is 3.08. The summed E-state index contributed by atoms with van der Waals surface area (Å²) in [5.74, 6) is 1.02. The number of rotatable bonds is 6. The van der Waals surface area contributed by atoms with Crippen molar-refractivity contribution in [2.45, 2.75) is 39.3 Å². The molecule has 1 aromatic carbocycles. The van der Waals surface area contributed by atoms with E-state index in [1.807, 2.05) is 18.7 Å². The summed E-state index contributed by atoms with van der Waals surface area (Å²) in [6.45, 7) is 6.05. The van der Waals surface area contributed by atoms with Crippen LogP contribution in [0.1, 0.15) is 44.4 Å². The largest absolute Gasteiger partial charge is 0.484 e. The van der Waals surface area contributed by atoms with Gasteiger partial charge in [0.05, 0.1) is 6.04 Å². The third kappa shape index (κ3) is 3.95. The molecule has 8 heteroatoms. The summed E-state index contributed by atoms with van der Waals surface area (Å²) in [6.07, 6.45) is 1.72. The van der Waals surface area contributed by atoms with E-state index in [2.05, 4.69) is 10.1 Å². The van der Waals surface area contributed by atoms with E-state index in [0.717, 1.165) is 12.8 Å². The van der Waals surface area contributed by atoms with Crippen LogP contribution in [0, 0.1) is 5.82 Å². The Morgan fingerprint density at radius 1 is 1.35 bits per heavy atom. The van der Waals surface area contributed by atoms with Crippen LogP contribution >= 0.6 is 0 Å². The van der Waals surface area contributed by atoms with E-state index < -0.39 is 0 Å². The summed E-state index contributed by atoms with van der Waals surface area (Å²) in [7, 11) is 0. The second-order valence-corrected chi connectivity index (χ2v) is 6.10. The van der Waals surface area contributed by atoms with Crippen molar-refractivity contribution in [3.05, 3.63) is 41.8 Å². The quantitative estimate of drug-likeness (QED) is 0.788. The van der Waals surface area contributed by atoms with Gasteiger partial charge in [0.25, 0.3) is 5.89 Å². The number of amides is 2. The zero-order valence-corrected chi connectivity index (χ0v) is 15.0. The normalized spacial score (nSPS) is 16.7. The molecule has 0 bridgehead atoms. The molecule has 0 saturated carbocycles. The van der Waals surface area contributed by atoms with Crippen LogP contribution in [0.25, 0.3) is 0 Å². The van der Waals surface area contributed by atoms with Gasteiger partial charge in [0, 0.05) is 19.6 Å². The summed E-state index contributed by atoms with van der Waals surface area (Å²) in [5, 5.41) is 4.03. The Hall–Kier alpha value is -2.64. The maximum Gasteiger partial charge on any atom is 0.320 e. The summed E-state index contributed by atoms with van der Waals surface area (Å²) in [5.41, 5.74) is 0. The van der Waals surface area contributed by atoms with Gasteiger partial charge >= 0.3 is 6.03 Å². The van der Waals surface area contributed by atoms with Gasteiger partial charge < -0.3 is 19.1 Å². The molecule has 0 aliphatic carbocycles. The highest BCUT2D eigenvalue weighted by Crippen LogP contribution is 2.31. The minimum absolute atomic E-state index is 0.00594. The molecule has 1 saturated heterocycles. The van der Waals surface area contributed by atoms with Crippen LogP contribution in [0.4, 0.5) is 9.18 Å². The molecule has 0 spiro atoms. The summed E-state index contributed by atoms with van der Waals surface area (Å²) in [6, 6.07) is 5.55. The molecule has 7 nitrogen and oxygen atoms in total. The van der Waals surface area contributed by atoms with Crippen LogP contribution in [0.5, 0.6) is 5.75 Å². The monoisotopic (exact) mass is 362 g/mol. The first kappa shape index (κ1) is 18.2. The highest BCUT2D eigenvalue weighted by atomic mass is 19.1. The average molecular weight is 362 g/mol. The van der Waals surface area contributed by atoms with Crippen LogP contribution < -0.4 is 4.74 Å². The van der Waals surface area contributed by atoms with Crippen molar-refractivity contribution < 1.29 is 18.4 Å². The predicted molar refractivity (Wildman–Crippen MR) is 92.0 cm³/mol. The minimum Gasteiger partial charge on any atom is -0.484 e. The molecule has 26 heavy (non-hydrogen) atoms. The Kier molecular flexibility index (Phi) is 5.70. The van der Waals surface area contributed by atoms with Gasteiger partial charge in [0.15, 0.2) is 12.4 Å². The number of halogens is 1. The average Bonchev–Trinajstić information content (AvgIpc) is 3.31. The molecule has 1 aliphatic rings. The number of nitrogens with zero attached hydrogens (tertiary/aromatic N) is 4. The third-order valence-electron chi connectivity index (χ3n) is 4.49. The summed E-state index contributed by atoms with van der Waals surface area (Å²) >= 11 is 0. The maximum atomic E-state index is 12.9. The Balaban J connectivity index is 1.64. The zero-order chi connectivity index (χ0) is 18.5. The van der Waals surface area contributed by atoms with Gasteiger partial charge in [0.1, 0.15) is 11.6 Å². The molecule has 1 aliphatic heterocycles. The van der Waals surface area contributed by atoms with Crippen LogP contribution in [0.3, 0.4) is 0 Å². The van der Waals surface area contributed by atoms with E-state index in [1.165, 1.54) is 24.3 Å². The highest BCUT2D eigenvalue weighted by molar-refractivity contribution is 5.75. The van der Waals surface area contributed by atoms with E-state index in [4.69, 9.17) is 9.26 Å². The number of ether oxygens (including phenoxy) is 1. The number of carbonyl (C=O) groups is 1. The molecule has 1 unspecified atom stereocenters. The van der Waals surface area contributed by atoms with Crippen LogP contribution in [-0.2, 0) is 6.61 Å². The molecule has 0 N–H and O–H groups in total. The van der Waals surface area contributed by atoms with E-state index >= 15 is 0 Å². The number of aromatic nitrogens is 2. The van der Waals surface area contributed by atoms with Crippen molar-refractivity contribution >= 4 is 6.03 Å². The highest BCUT2D eigenvalue weighted by Gasteiger charge is 2.35. The SMILES string of the molecule is CCN(CC)C(=O)N1CCCC1c1noc(COc2ccc(F)cc2)n1. The standard InChI is InChI=1S/C18H23FN4O3/c1-3-22(4-2)18(24)23-11-5-6-15(23)17-20-16(26-21-17)12-25-14-9-7-13(19)8-10-14/h7-10,15H,3-6,11-12H2,1-2H3. The molecular formula is C18H23FN4O3. The van der Waals surface area contributed by atoms with Crippen LogP contribution in [0.15, 0.2) is 28.8 Å². The van der Waals surface area contributed by atoms with Gasteiger partial charge in [-0.15, -0.1) is 0 Å². The first-order valence-corrected chi connectivity index (χ1v) is 8.88.